The lowest BCUT2D eigenvalue weighted by atomic mass is 10.4. The summed E-state index contributed by atoms with van der Waals surface area (Å²) in [5.41, 5.74) is 3.20. The van der Waals surface area contributed by atoms with E-state index in [4.69, 9.17) is 0 Å². The van der Waals surface area contributed by atoms with Crippen LogP contribution in [0.25, 0.3) is 0 Å². The van der Waals surface area contributed by atoms with Gasteiger partial charge in [-0.2, -0.15) is 10.1 Å². The van der Waals surface area contributed by atoms with Crippen LogP contribution in [-0.4, -0.2) is 26.6 Å². The van der Waals surface area contributed by atoms with E-state index in [9.17, 15) is 9.59 Å². The Hall–Kier alpha value is -2.38. The summed E-state index contributed by atoms with van der Waals surface area (Å²) >= 11 is 0. The average Bonchev–Trinajstić information content (AvgIpc) is 2.63. The van der Waals surface area contributed by atoms with Crippen LogP contribution < -0.4 is 15.8 Å². The van der Waals surface area contributed by atoms with Crippen molar-refractivity contribution in [3.05, 3.63) is 18.2 Å². The average molecular weight is 236 g/mol. The van der Waals surface area contributed by atoms with E-state index in [1.54, 1.807) is 10.9 Å². The molecule has 1 aromatic rings. The summed E-state index contributed by atoms with van der Waals surface area (Å²) < 4.78 is 1.57. The standard InChI is InChI=1S/C9H12N6O2/c1-6(16)12-8-3-14-9(10-5-11-14)15(4-8)13-7(2)17/h4-5H,3H2,1-2H3,(H,12,16)(H,13,17). The molecule has 0 bridgehead atoms. The Kier molecular flexibility index (Phi) is 2.77. The number of rotatable bonds is 2. The zero-order valence-corrected chi connectivity index (χ0v) is 9.47. The molecule has 0 fully saturated rings. The van der Waals surface area contributed by atoms with Gasteiger partial charge in [-0.1, -0.05) is 0 Å². The van der Waals surface area contributed by atoms with Crippen molar-refractivity contribution < 1.29 is 9.59 Å². The maximum atomic E-state index is 11.0. The minimum Gasteiger partial charge on any atom is -0.327 e. The largest absolute Gasteiger partial charge is 0.327 e. The predicted octanol–water partition coefficient (Wildman–Crippen LogP) is -0.873. The van der Waals surface area contributed by atoms with E-state index in [0.717, 1.165) is 0 Å². The molecule has 1 aliphatic rings. The van der Waals surface area contributed by atoms with Crippen molar-refractivity contribution in [2.75, 3.05) is 5.01 Å². The van der Waals surface area contributed by atoms with Crippen LogP contribution in [0.2, 0.25) is 0 Å². The van der Waals surface area contributed by atoms with E-state index in [1.807, 2.05) is 0 Å². The second-order valence-electron chi connectivity index (χ2n) is 3.59. The Morgan fingerprint density at radius 2 is 2.12 bits per heavy atom. The van der Waals surface area contributed by atoms with Crippen molar-refractivity contribution in [1.29, 1.82) is 0 Å². The fourth-order valence-corrected chi connectivity index (χ4v) is 1.52. The normalized spacial score (nSPS) is 13.8. The third-order valence-corrected chi connectivity index (χ3v) is 2.03. The zero-order valence-electron chi connectivity index (χ0n) is 9.47. The van der Waals surface area contributed by atoms with Gasteiger partial charge in [0.1, 0.15) is 6.33 Å². The number of allylic oxidation sites excluding steroid dienone is 1. The number of aromatic nitrogens is 3. The number of nitrogens with one attached hydrogen (secondary N) is 2. The lowest BCUT2D eigenvalue weighted by Gasteiger charge is -2.25. The van der Waals surface area contributed by atoms with Crippen LogP contribution in [0.4, 0.5) is 5.95 Å². The maximum Gasteiger partial charge on any atom is 0.247 e. The fourth-order valence-electron chi connectivity index (χ4n) is 1.52. The number of hydrogen-bond acceptors (Lipinski definition) is 5. The highest BCUT2D eigenvalue weighted by molar-refractivity contribution is 5.76. The number of hydrogen-bond donors (Lipinski definition) is 2. The van der Waals surface area contributed by atoms with E-state index in [-0.39, 0.29) is 11.8 Å². The Morgan fingerprint density at radius 1 is 1.35 bits per heavy atom. The third-order valence-electron chi connectivity index (χ3n) is 2.03. The first-order valence-electron chi connectivity index (χ1n) is 4.99. The fraction of sp³-hybridized carbons (Fsp3) is 0.333. The summed E-state index contributed by atoms with van der Waals surface area (Å²) in [5.74, 6) is 0.0803. The lowest BCUT2D eigenvalue weighted by molar-refractivity contribution is -0.119. The second-order valence-corrected chi connectivity index (χ2v) is 3.59. The molecule has 0 saturated heterocycles. The summed E-state index contributed by atoms with van der Waals surface area (Å²) in [4.78, 5) is 26.0. The number of fused-ring (bicyclic) bond motifs is 1. The SMILES string of the molecule is CC(=O)NC1=CN(NC(C)=O)c2ncnn2C1. The van der Waals surface area contributed by atoms with E-state index in [0.29, 0.717) is 18.2 Å². The molecule has 1 aliphatic heterocycles. The number of carbonyl (C=O) groups is 2. The van der Waals surface area contributed by atoms with Gasteiger partial charge in [-0.3, -0.25) is 15.0 Å². The highest BCUT2D eigenvalue weighted by Crippen LogP contribution is 2.15. The molecule has 0 atom stereocenters. The van der Waals surface area contributed by atoms with Crippen LogP contribution in [0, 0.1) is 0 Å². The Labute approximate surface area is 97.3 Å². The number of nitrogens with zero attached hydrogens (tertiary/aromatic N) is 4. The molecule has 8 heteroatoms. The number of carbonyl (C=O) groups excluding carboxylic acids is 2. The minimum absolute atomic E-state index is 0.178. The first-order valence-corrected chi connectivity index (χ1v) is 4.99. The first kappa shape index (κ1) is 11.1. The highest BCUT2D eigenvalue weighted by atomic mass is 16.2. The molecule has 0 saturated carbocycles. The molecular formula is C9H12N6O2. The van der Waals surface area contributed by atoms with Crippen LogP contribution in [0.3, 0.4) is 0 Å². The van der Waals surface area contributed by atoms with E-state index in [2.05, 4.69) is 20.8 Å². The van der Waals surface area contributed by atoms with Gasteiger partial charge in [0.05, 0.1) is 18.4 Å². The molecule has 0 aliphatic carbocycles. The molecule has 90 valence electrons. The van der Waals surface area contributed by atoms with Crippen molar-refractivity contribution in [1.82, 2.24) is 25.5 Å². The van der Waals surface area contributed by atoms with Crippen molar-refractivity contribution >= 4 is 17.8 Å². The summed E-state index contributed by atoms with van der Waals surface area (Å²) in [7, 11) is 0. The molecule has 0 radical (unpaired) electrons. The molecule has 2 amide bonds. The van der Waals surface area contributed by atoms with Gasteiger partial charge in [-0.25, -0.2) is 9.69 Å². The predicted molar refractivity (Wildman–Crippen MR) is 58.2 cm³/mol. The van der Waals surface area contributed by atoms with Crippen LogP contribution in [0.1, 0.15) is 13.8 Å². The topological polar surface area (TPSA) is 92.2 Å². The van der Waals surface area contributed by atoms with Crippen molar-refractivity contribution in [2.24, 2.45) is 0 Å². The summed E-state index contributed by atoms with van der Waals surface area (Å²) in [6.45, 7) is 3.21. The van der Waals surface area contributed by atoms with Gasteiger partial charge in [0.25, 0.3) is 0 Å². The maximum absolute atomic E-state index is 11.0. The third kappa shape index (κ3) is 2.41. The number of amides is 2. The summed E-state index contributed by atoms with van der Waals surface area (Å²) in [6.07, 6.45) is 2.99. The second kappa shape index (κ2) is 4.24. The van der Waals surface area contributed by atoms with E-state index < -0.39 is 0 Å². The van der Waals surface area contributed by atoms with E-state index in [1.165, 1.54) is 25.2 Å². The first-order chi connectivity index (χ1) is 8.06. The van der Waals surface area contributed by atoms with Crippen LogP contribution >= 0.6 is 0 Å². The molecule has 2 rings (SSSR count). The van der Waals surface area contributed by atoms with Crippen LogP contribution in [-0.2, 0) is 16.1 Å². The molecule has 2 heterocycles. The minimum atomic E-state index is -0.236. The van der Waals surface area contributed by atoms with Crippen molar-refractivity contribution in [3.8, 4) is 0 Å². The molecule has 8 nitrogen and oxygen atoms in total. The number of hydrazine groups is 1. The van der Waals surface area contributed by atoms with Crippen molar-refractivity contribution in [3.63, 3.8) is 0 Å². The van der Waals surface area contributed by atoms with Gasteiger partial charge >= 0.3 is 0 Å². The van der Waals surface area contributed by atoms with Crippen LogP contribution in [0.15, 0.2) is 18.2 Å². The molecule has 0 aromatic carbocycles. The quantitative estimate of drug-likeness (QED) is 0.696. The summed E-state index contributed by atoms with van der Waals surface area (Å²) in [5, 5.41) is 8.07. The summed E-state index contributed by atoms with van der Waals surface area (Å²) in [6, 6.07) is 0. The smallest absolute Gasteiger partial charge is 0.247 e. The van der Waals surface area contributed by atoms with Crippen LogP contribution in [0.5, 0.6) is 0 Å². The number of anilines is 1. The lowest BCUT2D eigenvalue weighted by Crippen LogP contribution is -2.43. The Morgan fingerprint density at radius 3 is 2.76 bits per heavy atom. The van der Waals surface area contributed by atoms with E-state index >= 15 is 0 Å². The van der Waals surface area contributed by atoms with Gasteiger partial charge in [0, 0.05) is 13.8 Å². The molecule has 0 unspecified atom stereocenters. The molecule has 0 spiro atoms. The molecular weight excluding hydrogens is 224 g/mol. The van der Waals surface area contributed by atoms with Gasteiger partial charge in [-0.05, 0) is 0 Å². The van der Waals surface area contributed by atoms with Gasteiger partial charge in [-0.15, -0.1) is 0 Å². The van der Waals surface area contributed by atoms with Gasteiger partial charge in [0.2, 0.25) is 17.8 Å². The van der Waals surface area contributed by atoms with Crippen molar-refractivity contribution in [2.45, 2.75) is 20.4 Å². The monoisotopic (exact) mass is 236 g/mol. The Balaban J connectivity index is 2.25. The van der Waals surface area contributed by atoms with Gasteiger partial charge in [0.15, 0.2) is 0 Å². The zero-order chi connectivity index (χ0) is 12.4. The van der Waals surface area contributed by atoms with Gasteiger partial charge < -0.3 is 5.32 Å². The molecule has 1 aromatic heterocycles. The highest BCUT2D eigenvalue weighted by Gasteiger charge is 2.20. The molecule has 2 N–H and O–H groups in total. The molecule has 17 heavy (non-hydrogen) atoms. The Bertz CT molecular complexity index is 491.